The van der Waals surface area contributed by atoms with Crippen molar-refractivity contribution < 1.29 is 14.3 Å². The topological polar surface area (TPSA) is 47.6 Å². The van der Waals surface area contributed by atoms with Crippen LogP contribution >= 0.6 is 0 Å². The minimum Gasteiger partial charge on any atom is -0.487 e. The Morgan fingerprint density at radius 2 is 2.05 bits per heavy atom. The highest BCUT2D eigenvalue weighted by atomic mass is 16.5. The first-order chi connectivity index (χ1) is 9.95. The average Bonchev–Trinajstić information content (AvgIpc) is 2.43. The number of hydrogen-bond acceptors (Lipinski definition) is 4. The quantitative estimate of drug-likeness (QED) is 0.847. The zero-order chi connectivity index (χ0) is 15.5. The van der Waals surface area contributed by atoms with Gasteiger partial charge >= 0.3 is 5.97 Å². The molecule has 0 aromatic heterocycles. The fourth-order valence-corrected chi connectivity index (χ4v) is 2.98. The van der Waals surface area contributed by atoms with Gasteiger partial charge in [0.15, 0.2) is 0 Å². The molecule has 0 saturated heterocycles. The highest BCUT2D eigenvalue weighted by molar-refractivity contribution is 5.84. The Morgan fingerprint density at radius 1 is 1.33 bits per heavy atom. The van der Waals surface area contributed by atoms with Crippen molar-refractivity contribution in [3.05, 3.63) is 29.8 Å². The van der Waals surface area contributed by atoms with Crippen LogP contribution in [0.4, 0.5) is 0 Å². The van der Waals surface area contributed by atoms with Gasteiger partial charge < -0.3 is 9.47 Å². The summed E-state index contributed by atoms with van der Waals surface area (Å²) in [7, 11) is 0. The fraction of sp³-hybridized carbons (Fsp3) is 0.588. The molecule has 1 aliphatic heterocycles. The Hall–Kier alpha value is -1.55. The maximum atomic E-state index is 12.7. The predicted octanol–water partition coefficient (Wildman–Crippen LogP) is 3.01. The van der Waals surface area contributed by atoms with Crippen molar-refractivity contribution in [1.29, 1.82) is 0 Å². The molecule has 1 N–H and O–H groups in total. The first kappa shape index (κ1) is 15.8. The predicted molar refractivity (Wildman–Crippen MR) is 82.4 cm³/mol. The molecule has 21 heavy (non-hydrogen) atoms. The molecule has 2 rings (SSSR count). The Balaban J connectivity index is 2.53. The van der Waals surface area contributed by atoms with Gasteiger partial charge in [-0.2, -0.15) is 0 Å². The molecule has 116 valence electrons. The molecule has 0 amide bonds. The van der Waals surface area contributed by atoms with E-state index < -0.39 is 11.1 Å². The third-order valence-corrected chi connectivity index (χ3v) is 3.72. The molecule has 0 radical (unpaired) electrons. The van der Waals surface area contributed by atoms with Gasteiger partial charge in [-0.1, -0.05) is 25.1 Å². The Kier molecular flexibility index (Phi) is 4.57. The van der Waals surface area contributed by atoms with Crippen LogP contribution < -0.4 is 10.1 Å². The van der Waals surface area contributed by atoms with E-state index in [0.29, 0.717) is 13.0 Å². The van der Waals surface area contributed by atoms with Crippen molar-refractivity contribution in [2.24, 2.45) is 0 Å². The van der Waals surface area contributed by atoms with E-state index in [9.17, 15) is 4.79 Å². The number of rotatable bonds is 5. The monoisotopic (exact) mass is 291 g/mol. The van der Waals surface area contributed by atoms with E-state index in [4.69, 9.17) is 9.47 Å². The van der Waals surface area contributed by atoms with Gasteiger partial charge in [0.2, 0.25) is 0 Å². The van der Waals surface area contributed by atoms with Crippen molar-refractivity contribution in [3.63, 3.8) is 0 Å². The normalized spacial score (nSPS) is 23.0. The summed E-state index contributed by atoms with van der Waals surface area (Å²) in [5.74, 6) is 0.535. The van der Waals surface area contributed by atoms with E-state index in [2.05, 4.69) is 12.2 Å². The molecule has 0 fully saturated rings. The Labute approximate surface area is 126 Å². The van der Waals surface area contributed by atoms with Gasteiger partial charge in [0, 0.05) is 12.0 Å². The molecule has 1 heterocycles. The van der Waals surface area contributed by atoms with Gasteiger partial charge in [-0.05, 0) is 39.8 Å². The van der Waals surface area contributed by atoms with Crippen LogP contribution in [0, 0.1) is 0 Å². The van der Waals surface area contributed by atoms with Crippen molar-refractivity contribution in [2.45, 2.75) is 51.7 Å². The second-order valence-electron chi connectivity index (χ2n) is 6.09. The molecule has 4 nitrogen and oxygen atoms in total. The summed E-state index contributed by atoms with van der Waals surface area (Å²) < 4.78 is 11.4. The molecule has 1 unspecified atom stereocenters. The van der Waals surface area contributed by atoms with Crippen molar-refractivity contribution in [3.8, 4) is 5.75 Å². The van der Waals surface area contributed by atoms with Gasteiger partial charge in [0.25, 0.3) is 0 Å². The summed E-state index contributed by atoms with van der Waals surface area (Å²) in [4.78, 5) is 12.7. The average molecular weight is 291 g/mol. The number of ether oxygens (including phenoxy) is 2. The Bertz CT molecular complexity index is 513. The molecule has 4 heteroatoms. The number of esters is 1. The van der Waals surface area contributed by atoms with Gasteiger partial charge in [0.1, 0.15) is 16.9 Å². The summed E-state index contributed by atoms with van der Waals surface area (Å²) >= 11 is 0. The van der Waals surface area contributed by atoms with E-state index >= 15 is 0 Å². The molecular formula is C17H25NO3. The van der Waals surface area contributed by atoms with Crippen LogP contribution in [0.25, 0.3) is 0 Å². The van der Waals surface area contributed by atoms with E-state index in [1.807, 2.05) is 45.0 Å². The lowest BCUT2D eigenvalue weighted by molar-refractivity contribution is -0.156. The maximum absolute atomic E-state index is 12.7. The molecule has 1 aromatic carbocycles. The molecule has 1 aliphatic rings. The van der Waals surface area contributed by atoms with Crippen LogP contribution in [0.15, 0.2) is 24.3 Å². The first-order valence-electron chi connectivity index (χ1n) is 7.66. The van der Waals surface area contributed by atoms with Crippen LogP contribution in [0.2, 0.25) is 0 Å². The zero-order valence-corrected chi connectivity index (χ0v) is 13.4. The molecule has 1 atom stereocenters. The van der Waals surface area contributed by atoms with Crippen LogP contribution in [-0.2, 0) is 15.1 Å². The summed E-state index contributed by atoms with van der Waals surface area (Å²) in [6.45, 7) is 9.06. The second kappa shape index (κ2) is 6.06. The number of fused-ring (bicyclic) bond motifs is 1. The van der Waals surface area contributed by atoms with Crippen LogP contribution in [0.1, 0.15) is 46.1 Å². The van der Waals surface area contributed by atoms with E-state index in [1.54, 1.807) is 0 Å². The largest absolute Gasteiger partial charge is 0.487 e. The molecule has 1 aromatic rings. The molecule has 0 bridgehead atoms. The summed E-state index contributed by atoms with van der Waals surface area (Å²) in [5.41, 5.74) is -0.386. The summed E-state index contributed by atoms with van der Waals surface area (Å²) in [5, 5.41) is 3.43. The molecule has 0 saturated carbocycles. The maximum Gasteiger partial charge on any atom is 0.331 e. The van der Waals surface area contributed by atoms with E-state index in [-0.39, 0.29) is 5.97 Å². The fourth-order valence-electron chi connectivity index (χ4n) is 2.98. The van der Waals surface area contributed by atoms with Crippen molar-refractivity contribution in [2.75, 3.05) is 13.2 Å². The summed E-state index contributed by atoms with van der Waals surface area (Å²) in [6, 6.07) is 7.72. The third-order valence-electron chi connectivity index (χ3n) is 3.72. The number of carbonyl (C=O) groups is 1. The Morgan fingerprint density at radius 3 is 2.71 bits per heavy atom. The first-order valence-corrected chi connectivity index (χ1v) is 7.66. The standard InChI is InChI=1S/C17H25NO3/c1-5-11-18-17(15(19)20-6-2)12-16(3,4)21-14-10-8-7-9-13(14)17/h7-10,18H,5-6,11-12H2,1-4H3. The highest BCUT2D eigenvalue weighted by Gasteiger charge is 2.51. The number of carbonyl (C=O) groups excluding carboxylic acids is 1. The van der Waals surface area contributed by atoms with Crippen molar-refractivity contribution >= 4 is 5.97 Å². The van der Waals surface area contributed by atoms with Gasteiger partial charge in [-0.3, -0.25) is 5.32 Å². The van der Waals surface area contributed by atoms with Gasteiger partial charge in [-0.15, -0.1) is 0 Å². The minimum atomic E-state index is -0.829. The SMILES string of the molecule is CCCNC1(C(=O)OCC)CC(C)(C)Oc2ccccc21. The smallest absolute Gasteiger partial charge is 0.331 e. The number of nitrogens with one attached hydrogen (secondary N) is 1. The second-order valence-corrected chi connectivity index (χ2v) is 6.09. The lowest BCUT2D eigenvalue weighted by Gasteiger charge is -2.44. The molecular weight excluding hydrogens is 266 g/mol. The number of hydrogen-bond donors (Lipinski definition) is 1. The van der Waals surface area contributed by atoms with Crippen LogP contribution in [0.3, 0.4) is 0 Å². The van der Waals surface area contributed by atoms with E-state index in [1.165, 1.54) is 0 Å². The number of para-hydroxylation sites is 1. The third kappa shape index (κ3) is 3.05. The molecule has 0 aliphatic carbocycles. The lowest BCUT2D eigenvalue weighted by atomic mass is 9.77. The van der Waals surface area contributed by atoms with Crippen LogP contribution in [-0.4, -0.2) is 24.7 Å². The highest BCUT2D eigenvalue weighted by Crippen LogP contribution is 2.44. The lowest BCUT2D eigenvalue weighted by Crippen LogP contribution is -2.57. The van der Waals surface area contributed by atoms with Crippen LogP contribution in [0.5, 0.6) is 5.75 Å². The summed E-state index contributed by atoms with van der Waals surface area (Å²) in [6.07, 6.45) is 1.50. The van der Waals surface area contributed by atoms with Gasteiger partial charge in [-0.25, -0.2) is 4.79 Å². The minimum absolute atomic E-state index is 0.220. The van der Waals surface area contributed by atoms with E-state index in [0.717, 1.165) is 24.3 Å². The van der Waals surface area contributed by atoms with Crippen molar-refractivity contribution in [1.82, 2.24) is 5.32 Å². The zero-order valence-electron chi connectivity index (χ0n) is 13.4. The molecule has 0 spiro atoms. The number of benzene rings is 1. The van der Waals surface area contributed by atoms with Gasteiger partial charge in [0.05, 0.1) is 6.61 Å².